The molecule has 0 saturated heterocycles. The Hall–Kier alpha value is -3.16. The van der Waals surface area contributed by atoms with Crippen LogP contribution in [-0.4, -0.2) is 30.6 Å². The minimum absolute atomic E-state index is 0.0567. The zero-order chi connectivity index (χ0) is 20.1. The quantitative estimate of drug-likeness (QED) is 0.463. The Kier molecular flexibility index (Phi) is 6.33. The number of nitro groups is 1. The van der Waals surface area contributed by atoms with Crippen molar-refractivity contribution in [3.05, 3.63) is 62.5 Å². The molecule has 8 heteroatoms. The van der Waals surface area contributed by atoms with Crippen molar-refractivity contribution >= 4 is 17.6 Å². The minimum Gasteiger partial charge on any atom is -0.469 e. The van der Waals surface area contributed by atoms with Crippen molar-refractivity contribution in [1.29, 1.82) is 0 Å². The topological polar surface area (TPSA) is 108 Å². The molecule has 2 rings (SSSR count). The Morgan fingerprint density at radius 3 is 2.56 bits per heavy atom. The Balaban J connectivity index is 2.64. The van der Waals surface area contributed by atoms with Crippen molar-refractivity contribution in [3.8, 4) is 0 Å². The van der Waals surface area contributed by atoms with Gasteiger partial charge in [0.2, 0.25) is 0 Å². The largest absolute Gasteiger partial charge is 0.469 e. The maximum atomic E-state index is 12.6. The lowest BCUT2D eigenvalue weighted by molar-refractivity contribution is -0.384. The number of carbonyl (C=O) groups excluding carboxylic acids is 2. The summed E-state index contributed by atoms with van der Waals surface area (Å²) in [6, 6.07) is 6.04. The maximum Gasteiger partial charge on any atom is 0.336 e. The molecule has 1 aromatic carbocycles. The number of ether oxygens (including phenoxy) is 2. The Bertz CT molecular complexity index is 840. The third-order valence-electron chi connectivity index (χ3n) is 4.37. The summed E-state index contributed by atoms with van der Waals surface area (Å²) < 4.78 is 9.96. The second-order valence-electron chi connectivity index (χ2n) is 6.07. The highest BCUT2D eigenvalue weighted by Crippen LogP contribution is 2.41. The summed E-state index contributed by atoms with van der Waals surface area (Å²) >= 11 is 0. The van der Waals surface area contributed by atoms with Crippen molar-refractivity contribution in [2.75, 3.05) is 13.7 Å². The highest BCUT2D eigenvalue weighted by atomic mass is 16.6. The van der Waals surface area contributed by atoms with Gasteiger partial charge in [0.1, 0.15) is 0 Å². The molecule has 0 radical (unpaired) electrons. The summed E-state index contributed by atoms with van der Waals surface area (Å²) in [5.41, 5.74) is 2.64. The van der Waals surface area contributed by atoms with E-state index in [0.717, 1.165) is 0 Å². The number of carbonyl (C=O) groups is 2. The van der Waals surface area contributed by atoms with Crippen molar-refractivity contribution in [2.24, 2.45) is 0 Å². The second kappa shape index (κ2) is 8.48. The maximum absolute atomic E-state index is 12.6. The molecule has 1 atom stereocenters. The number of allylic oxidation sites excluding steroid dienone is 2. The molecule has 0 bridgehead atoms. The average Bonchev–Trinajstić information content (AvgIpc) is 2.63. The Labute approximate surface area is 157 Å². The zero-order valence-electron chi connectivity index (χ0n) is 15.7. The highest BCUT2D eigenvalue weighted by Gasteiger charge is 2.35. The van der Waals surface area contributed by atoms with Crippen LogP contribution in [0.1, 0.15) is 38.7 Å². The van der Waals surface area contributed by atoms with Gasteiger partial charge in [0, 0.05) is 29.4 Å². The van der Waals surface area contributed by atoms with E-state index in [9.17, 15) is 19.7 Å². The minimum atomic E-state index is -0.649. The van der Waals surface area contributed by atoms with Crippen molar-refractivity contribution in [2.45, 2.75) is 33.1 Å². The van der Waals surface area contributed by atoms with E-state index in [-0.39, 0.29) is 18.7 Å². The van der Waals surface area contributed by atoms with Gasteiger partial charge in [-0.15, -0.1) is 0 Å². The molecule has 1 aliphatic rings. The third kappa shape index (κ3) is 4.33. The number of nitrogens with zero attached hydrogens (tertiary/aromatic N) is 1. The van der Waals surface area contributed by atoms with Gasteiger partial charge in [-0.1, -0.05) is 12.1 Å². The zero-order valence-corrected chi connectivity index (χ0v) is 15.7. The number of dihydropyridines is 1. The molecule has 27 heavy (non-hydrogen) atoms. The number of nitro benzene ring substituents is 1. The average molecular weight is 374 g/mol. The third-order valence-corrected chi connectivity index (χ3v) is 4.37. The normalized spacial score (nSPS) is 16.7. The van der Waals surface area contributed by atoms with Gasteiger partial charge in [-0.05, 0) is 31.9 Å². The lowest BCUT2D eigenvalue weighted by Gasteiger charge is -2.31. The smallest absolute Gasteiger partial charge is 0.336 e. The van der Waals surface area contributed by atoms with Crippen LogP contribution in [0.5, 0.6) is 0 Å². The molecule has 8 nitrogen and oxygen atoms in total. The van der Waals surface area contributed by atoms with E-state index in [1.54, 1.807) is 32.9 Å². The van der Waals surface area contributed by atoms with Gasteiger partial charge in [-0.3, -0.25) is 14.9 Å². The Morgan fingerprint density at radius 2 is 1.96 bits per heavy atom. The Morgan fingerprint density at radius 1 is 1.26 bits per heavy atom. The van der Waals surface area contributed by atoms with E-state index in [0.29, 0.717) is 28.1 Å². The van der Waals surface area contributed by atoms with Crippen LogP contribution in [0.15, 0.2) is 46.8 Å². The van der Waals surface area contributed by atoms with Crippen LogP contribution in [0.2, 0.25) is 0 Å². The number of benzene rings is 1. The van der Waals surface area contributed by atoms with Crippen LogP contribution in [0.4, 0.5) is 5.69 Å². The molecular weight excluding hydrogens is 352 g/mol. The fourth-order valence-electron chi connectivity index (χ4n) is 3.16. The summed E-state index contributed by atoms with van der Waals surface area (Å²) in [4.78, 5) is 35.3. The van der Waals surface area contributed by atoms with Crippen LogP contribution < -0.4 is 5.32 Å². The van der Waals surface area contributed by atoms with Crippen molar-refractivity contribution in [3.63, 3.8) is 0 Å². The number of non-ortho nitro benzene ring substituents is 1. The predicted molar refractivity (Wildman–Crippen MR) is 97.6 cm³/mol. The summed E-state index contributed by atoms with van der Waals surface area (Å²) in [7, 11) is 1.28. The molecule has 0 amide bonds. The first kappa shape index (κ1) is 20.2. The lowest BCUT2D eigenvalue weighted by Crippen LogP contribution is -2.30. The molecule has 144 valence electrons. The van der Waals surface area contributed by atoms with Gasteiger partial charge >= 0.3 is 11.9 Å². The fourth-order valence-corrected chi connectivity index (χ4v) is 3.16. The monoisotopic (exact) mass is 374 g/mol. The second-order valence-corrected chi connectivity index (χ2v) is 6.07. The van der Waals surface area contributed by atoms with Gasteiger partial charge < -0.3 is 14.8 Å². The van der Waals surface area contributed by atoms with Crippen LogP contribution in [0.3, 0.4) is 0 Å². The summed E-state index contributed by atoms with van der Waals surface area (Å²) in [5.74, 6) is -1.65. The number of nitrogens with one attached hydrogen (secondary N) is 1. The lowest BCUT2D eigenvalue weighted by atomic mass is 9.79. The standard InChI is InChI=1S/C19H22N2O6/c1-5-27-19(23)17-12(3)20-11(2)15(10-16(22)26-4)18(17)13-7-6-8-14(9-13)21(24)25/h6-9,18,20H,5,10H2,1-4H3. The van der Waals surface area contributed by atoms with E-state index in [2.05, 4.69) is 5.32 Å². The fraction of sp³-hybridized carbons (Fsp3) is 0.368. The molecule has 1 unspecified atom stereocenters. The van der Waals surface area contributed by atoms with Gasteiger partial charge in [0.15, 0.2) is 0 Å². The molecule has 0 aliphatic carbocycles. The van der Waals surface area contributed by atoms with E-state index in [1.165, 1.54) is 19.2 Å². The van der Waals surface area contributed by atoms with E-state index < -0.39 is 22.8 Å². The summed E-state index contributed by atoms with van der Waals surface area (Å²) in [5, 5.41) is 14.3. The molecule has 1 N–H and O–H groups in total. The van der Waals surface area contributed by atoms with Crippen LogP contribution >= 0.6 is 0 Å². The summed E-state index contributed by atoms with van der Waals surface area (Å²) in [6.45, 7) is 5.40. The molecular formula is C19H22N2O6. The molecule has 0 spiro atoms. The van der Waals surface area contributed by atoms with Gasteiger partial charge in [-0.2, -0.15) is 0 Å². The van der Waals surface area contributed by atoms with Crippen molar-refractivity contribution < 1.29 is 24.0 Å². The van der Waals surface area contributed by atoms with Gasteiger partial charge in [0.25, 0.3) is 5.69 Å². The molecule has 1 aliphatic heterocycles. The first-order valence-electron chi connectivity index (χ1n) is 8.45. The SMILES string of the molecule is CCOC(=O)C1=C(C)NC(C)=C(CC(=O)OC)C1c1cccc([N+](=O)[O-])c1. The van der Waals surface area contributed by atoms with E-state index in [4.69, 9.17) is 9.47 Å². The number of hydrogen-bond acceptors (Lipinski definition) is 7. The first-order valence-corrected chi connectivity index (χ1v) is 8.45. The molecule has 0 aromatic heterocycles. The van der Waals surface area contributed by atoms with Crippen LogP contribution in [0.25, 0.3) is 0 Å². The van der Waals surface area contributed by atoms with Crippen LogP contribution in [0, 0.1) is 10.1 Å². The highest BCUT2D eigenvalue weighted by molar-refractivity contribution is 5.93. The van der Waals surface area contributed by atoms with Crippen molar-refractivity contribution in [1.82, 2.24) is 5.32 Å². The number of methoxy groups -OCH3 is 1. The number of hydrogen-bond donors (Lipinski definition) is 1. The van der Waals surface area contributed by atoms with Gasteiger partial charge in [0.05, 0.1) is 30.6 Å². The predicted octanol–water partition coefficient (Wildman–Crippen LogP) is 2.96. The first-order chi connectivity index (χ1) is 12.8. The summed E-state index contributed by atoms with van der Waals surface area (Å²) in [6.07, 6.45) is -0.0567. The molecule has 1 heterocycles. The van der Waals surface area contributed by atoms with E-state index >= 15 is 0 Å². The van der Waals surface area contributed by atoms with E-state index in [1.807, 2.05) is 0 Å². The molecule has 0 saturated carbocycles. The number of esters is 2. The molecule has 0 fully saturated rings. The van der Waals surface area contributed by atoms with Crippen LogP contribution in [-0.2, 0) is 19.1 Å². The molecule has 1 aromatic rings. The number of rotatable bonds is 6. The van der Waals surface area contributed by atoms with Gasteiger partial charge in [-0.25, -0.2) is 4.79 Å².